The Morgan fingerprint density at radius 1 is 1.35 bits per heavy atom. The molecule has 90 valence electrons. The first-order valence-corrected chi connectivity index (χ1v) is 6.08. The van der Waals surface area contributed by atoms with Crippen LogP contribution in [0.15, 0.2) is 34.9 Å². The van der Waals surface area contributed by atoms with Crippen molar-refractivity contribution >= 4 is 15.9 Å². The molecule has 5 heteroatoms. The highest BCUT2D eigenvalue weighted by Crippen LogP contribution is 2.20. The van der Waals surface area contributed by atoms with Crippen LogP contribution in [0.5, 0.6) is 0 Å². The predicted molar refractivity (Wildman–Crippen MR) is 67.9 cm³/mol. The van der Waals surface area contributed by atoms with E-state index in [4.69, 9.17) is 0 Å². The van der Waals surface area contributed by atoms with Crippen molar-refractivity contribution in [2.45, 2.75) is 13.1 Å². The smallest absolute Gasteiger partial charge is 0.137 e. The van der Waals surface area contributed by atoms with Gasteiger partial charge >= 0.3 is 0 Å². The molecule has 2 aromatic rings. The van der Waals surface area contributed by atoms with E-state index in [1.807, 2.05) is 23.9 Å². The molecule has 1 heterocycles. The lowest BCUT2D eigenvalue weighted by atomic mass is 10.2. The van der Waals surface area contributed by atoms with Gasteiger partial charge < -0.3 is 5.32 Å². The quantitative estimate of drug-likeness (QED) is 0.940. The zero-order chi connectivity index (χ0) is 12.3. The summed E-state index contributed by atoms with van der Waals surface area (Å²) in [5.41, 5.74) is 2.00. The summed E-state index contributed by atoms with van der Waals surface area (Å²) < 4.78 is 15.6. The highest BCUT2D eigenvalue weighted by molar-refractivity contribution is 9.10. The predicted octanol–water partition coefficient (Wildman–Crippen LogP) is 2.61. The normalized spacial score (nSPS) is 10.8. The average Bonchev–Trinajstić information content (AvgIpc) is 2.71. The lowest BCUT2D eigenvalue weighted by Gasteiger charge is -2.07. The van der Waals surface area contributed by atoms with Gasteiger partial charge in [-0.2, -0.15) is 5.10 Å². The van der Waals surface area contributed by atoms with Gasteiger partial charge in [-0.3, -0.25) is 4.68 Å². The summed E-state index contributed by atoms with van der Waals surface area (Å²) in [5.74, 6) is -0.232. The molecule has 0 atom stereocenters. The van der Waals surface area contributed by atoms with Crippen molar-refractivity contribution in [1.82, 2.24) is 15.1 Å². The van der Waals surface area contributed by atoms with Gasteiger partial charge in [-0.25, -0.2) is 4.39 Å². The maximum Gasteiger partial charge on any atom is 0.137 e. The molecule has 0 aliphatic rings. The van der Waals surface area contributed by atoms with E-state index in [1.54, 1.807) is 12.3 Å². The number of nitrogens with zero attached hydrogens (tertiary/aromatic N) is 2. The molecule has 0 aliphatic carbocycles. The topological polar surface area (TPSA) is 29.9 Å². The second-order valence-corrected chi connectivity index (χ2v) is 4.56. The molecule has 0 fully saturated rings. The minimum Gasteiger partial charge on any atom is -0.307 e. The molecule has 0 bridgehead atoms. The van der Waals surface area contributed by atoms with E-state index in [0.717, 1.165) is 11.3 Å². The van der Waals surface area contributed by atoms with Crippen LogP contribution in [-0.2, 0) is 20.1 Å². The van der Waals surface area contributed by atoms with Gasteiger partial charge in [-0.1, -0.05) is 12.1 Å². The van der Waals surface area contributed by atoms with Crippen LogP contribution in [0.25, 0.3) is 0 Å². The monoisotopic (exact) mass is 297 g/mol. The number of rotatable bonds is 4. The zero-order valence-electron chi connectivity index (χ0n) is 9.45. The Labute approximate surface area is 108 Å². The molecule has 17 heavy (non-hydrogen) atoms. The first-order chi connectivity index (χ1) is 8.18. The van der Waals surface area contributed by atoms with E-state index in [2.05, 4.69) is 26.3 Å². The van der Waals surface area contributed by atoms with Crippen LogP contribution in [-0.4, -0.2) is 9.78 Å². The summed E-state index contributed by atoms with van der Waals surface area (Å²) in [7, 11) is 1.90. The van der Waals surface area contributed by atoms with Gasteiger partial charge in [-0.15, -0.1) is 0 Å². The molecule has 3 nitrogen and oxygen atoms in total. The van der Waals surface area contributed by atoms with Crippen LogP contribution in [0.2, 0.25) is 0 Å². The summed E-state index contributed by atoms with van der Waals surface area (Å²) in [6.45, 7) is 1.32. The Bertz CT molecular complexity index is 510. The molecule has 0 aliphatic heterocycles. The van der Waals surface area contributed by atoms with Crippen molar-refractivity contribution in [1.29, 1.82) is 0 Å². The second kappa shape index (κ2) is 5.42. The zero-order valence-corrected chi connectivity index (χ0v) is 11.0. The van der Waals surface area contributed by atoms with E-state index in [9.17, 15) is 4.39 Å². The second-order valence-electron chi connectivity index (χ2n) is 3.76. The maximum absolute atomic E-state index is 13.3. The number of nitrogens with one attached hydrogen (secondary N) is 1. The number of hydrogen-bond donors (Lipinski definition) is 1. The first-order valence-electron chi connectivity index (χ1n) is 5.29. The molecule has 0 amide bonds. The molecule has 0 radical (unpaired) electrons. The Kier molecular flexibility index (Phi) is 3.91. The summed E-state index contributed by atoms with van der Waals surface area (Å²) in [6, 6.07) is 6.99. The van der Waals surface area contributed by atoms with Crippen molar-refractivity contribution in [2.75, 3.05) is 0 Å². The molecular weight excluding hydrogens is 285 g/mol. The van der Waals surface area contributed by atoms with Crippen molar-refractivity contribution in [3.8, 4) is 0 Å². The van der Waals surface area contributed by atoms with E-state index >= 15 is 0 Å². The molecule has 1 N–H and O–H groups in total. The van der Waals surface area contributed by atoms with Gasteiger partial charge in [0.2, 0.25) is 0 Å². The Morgan fingerprint density at radius 2 is 2.18 bits per heavy atom. The molecule has 1 aromatic carbocycles. The van der Waals surface area contributed by atoms with Gasteiger partial charge in [0.15, 0.2) is 0 Å². The van der Waals surface area contributed by atoms with Crippen molar-refractivity contribution in [3.63, 3.8) is 0 Å². The SMILES string of the molecule is Cn1nccc1CNCc1cccc(F)c1Br. The third-order valence-electron chi connectivity index (χ3n) is 2.58. The third-order valence-corrected chi connectivity index (χ3v) is 3.46. The van der Waals surface area contributed by atoms with Gasteiger partial charge in [0, 0.05) is 26.3 Å². The average molecular weight is 298 g/mol. The fourth-order valence-corrected chi connectivity index (χ4v) is 1.99. The summed E-state index contributed by atoms with van der Waals surface area (Å²) in [6.07, 6.45) is 1.76. The lowest BCUT2D eigenvalue weighted by Crippen LogP contribution is -2.15. The molecular formula is C12H13BrFN3. The van der Waals surface area contributed by atoms with E-state index in [0.29, 0.717) is 17.6 Å². The number of aryl methyl sites for hydroxylation is 1. The van der Waals surface area contributed by atoms with Crippen molar-refractivity contribution in [3.05, 3.63) is 52.0 Å². The Balaban J connectivity index is 1.95. The van der Waals surface area contributed by atoms with E-state index < -0.39 is 0 Å². The minimum atomic E-state index is -0.232. The molecule has 0 spiro atoms. The number of hydrogen-bond acceptors (Lipinski definition) is 2. The number of halogens is 2. The van der Waals surface area contributed by atoms with E-state index in [-0.39, 0.29) is 5.82 Å². The molecule has 0 saturated carbocycles. The molecule has 1 aromatic heterocycles. The van der Waals surface area contributed by atoms with Crippen molar-refractivity contribution < 1.29 is 4.39 Å². The molecule has 2 rings (SSSR count). The molecule has 0 saturated heterocycles. The largest absolute Gasteiger partial charge is 0.307 e. The van der Waals surface area contributed by atoms with Crippen molar-refractivity contribution in [2.24, 2.45) is 7.05 Å². The van der Waals surface area contributed by atoms with Gasteiger partial charge in [-0.05, 0) is 33.6 Å². The van der Waals surface area contributed by atoms with E-state index in [1.165, 1.54) is 6.07 Å². The summed E-state index contributed by atoms with van der Waals surface area (Å²) in [4.78, 5) is 0. The molecule has 0 unspecified atom stereocenters. The summed E-state index contributed by atoms with van der Waals surface area (Å²) in [5, 5.41) is 7.34. The third kappa shape index (κ3) is 2.92. The van der Waals surface area contributed by atoms with Gasteiger partial charge in [0.1, 0.15) is 5.82 Å². The number of aromatic nitrogens is 2. The maximum atomic E-state index is 13.3. The standard InChI is InChI=1S/C12H13BrFN3/c1-17-10(5-6-16-17)8-15-7-9-3-2-4-11(14)12(9)13/h2-6,15H,7-8H2,1H3. The highest BCUT2D eigenvalue weighted by atomic mass is 79.9. The van der Waals surface area contributed by atoms with Gasteiger partial charge in [0.05, 0.1) is 10.2 Å². The van der Waals surface area contributed by atoms with Crippen LogP contribution >= 0.6 is 15.9 Å². The minimum absolute atomic E-state index is 0.232. The lowest BCUT2D eigenvalue weighted by molar-refractivity contribution is 0.603. The Morgan fingerprint density at radius 3 is 2.88 bits per heavy atom. The first kappa shape index (κ1) is 12.3. The summed E-state index contributed by atoms with van der Waals surface area (Å²) >= 11 is 3.24. The van der Waals surface area contributed by atoms with Crippen LogP contribution in [0.1, 0.15) is 11.3 Å². The number of benzene rings is 1. The van der Waals surface area contributed by atoms with Crippen LogP contribution in [0, 0.1) is 5.82 Å². The van der Waals surface area contributed by atoms with Crippen LogP contribution < -0.4 is 5.32 Å². The van der Waals surface area contributed by atoms with Gasteiger partial charge in [0.25, 0.3) is 0 Å². The van der Waals surface area contributed by atoms with Crippen LogP contribution in [0.3, 0.4) is 0 Å². The highest BCUT2D eigenvalue weighted by Gasteiger charge is 2.05. The Hall–Kier alpha value is -1.20. The van der Waals surface area contributed by atoms with Crippen LogP contribution in [0.4, 0.5) is 4.39 Å². The fourth-order valence-electron chi connectivity index (χ4n) is 1.58. The fraction of sp³-hybridized carbons (Fsp3) is 0.250.